The van der Waals surface area contributed by atoms with E-state index in [1.54, 1.807) is 0 Å². The fourth-order valence-corrected chi connectivity index (χ4v) is 2.64. The Kier molecular flexibility index (Phi) is 5.67. The lowest BCUT2D eigenvalue weighted by Crippen LogP contribution is -2.26. The molecule has 1 aliphatic heterocycles. The zero-order valence-electron chi connectivity index (χ0n) is 12.2. The fraction of sp³-hybridized carbons (Fsp3) is 0.625. The summed E-state index contributed by atoms with van der Waals surface area (Å²) in [5.74, 6) is 1.10. The molecular formula is C16H26N2O. The summed E-state index contributed by atoms with van der Waals surface area (Å²) in [5, 5.41) is 3.40. The lowest BCUT2D eigenvalue weighted by Gasteiger charge is -2.21. The molecule has 0 atom stereocenters. The smallest absolute Gasteiger partial charge is 0.122 e. The molecule has 106 valence electrons. The van der Waals surface area contributed by atoms with Gasteiger partial charge in [-0.25, -0.2) is 0 Å². The number of hydrogen-bond donors (Lipinski definition) is 1. The summed E-state index contributed by atoms with van der Waals surface area (Å²) in [4.78, 5) is 2.44. The molecule has 0 amide bonds. The Balaban J connectivity index is 1.83. The summed E-state index contributed by atoms with van der Waals surface area (Å²) >= 11 is 0. The van der Waals surface area contributed by atoms with E-state index in [4.69, 9.17) is 4.74 Å². The molecular weight excluding hydrogens is 236 g/mol. The molecule has 19 heavy (non-hydrogen) atoms. The molecule has 0 aliphatic carbocycles. The average Bonchev–Trinajstić information content (AvgIpc) is 2.47. The van der Waals surface area contributed by atoms with Crippen molar-refractivity contribution < 1.29 is 4.74 Å². The molecule has 0 spiro atoms. The maximum absolute atomic E-state index is 5.99. The quantitative estimate of drug-likeness (QED) is 0.764. The first-order valence-corrected chi connectivity index (χ1v) is 7.51. The third kappa shape index (κ3) is 3.95. The van der Waals surface area contributed by atoms with Gasteiger partial charge < -0.3 is 15.0 Å². The van der Waals surface area contributed by atoms with Crippen molar-refractivity contribution in [2.45, 2.75) is 33.2 Å². The van der Waals surface area contributed by atoms with Crippen molar-refractivity contribution in [3.8, 4) is 5.75 Å². The maximum Gasteiger partial charge on any atom is 0.122 e. The molecule has 2 rings (SSSR count). The average molecular weight is 262 g/mol. The van der Waals surface area contributed by atoms with E-state index in [0.29, 0.717) is 0 Å². The number of fused-ring (bicyclic) bond motifs is 1. The van der Waals surface area contributed by atoms with Crippen LogP contribution < -0.4 is 10.1 Å². The SMILES string of the molecule is CCN(CC)CCCOc1cccc2c1CCNC2. The van der Waals surface area contributed by atoms with Crippen LogP contribution in [0.4, 0.5) is 0 Å². The Labute approximate surface area is 116 Å². The highest BCUT2D eigenvalue weighted by molar-refractivity contribution is 5.41. The van der Waals surface area contributed by atoms with E-state index >= 15 is 0 Å². The van der Waals surface area contributed by atoms with Gasteiger partial charge in [0.25, 0.3) is 0 Å². The fourth-order valence-electron chi connectivity index (χ4n) is 2.64. The third-order valence-electron chi connectivity index (χ3n) is 3.87. The standard InChI is InChI=1S/C16H26N2O/c1-3-18(4-2)11-6-12-19-16-8-5-7-14-13-17-10-9-15(14)16/h5,7-8,17H,3-4,6,9-13H2,1-2H3. The van der Waals surface area contributed by atoms with Crippen molar-refractivity contribution in [3.05, 3.63) is 29.3 Å². The van der Waals surface area contributed by atoms with Gasteiger partial charge in [0.05, 0.1) is 6.61 Å². The predicted molar refractivity (Wildman–Crippen MR) is 79.8 cm³/mol. The molecule has 0 radical (unpaired) electrons. The van der Waals surface area contributed by atoms with Crippen molar-refractivity contribution in [1.29, 1.82) is 0 Å². The first kappa shape index (κ1) is 14.4. The van der Waals surface area contributed by atoms with Crippen molar-refractivity contribution in [2.24, 2.45) is 0 Å². The first-order chi connectivity index (χ1) is 9.35. The van der Waals surface area contributed by atoms with Crippen LogP contribution in [-0.2, 0) is 13.0 Å². The number of rotatable bonds is 7. The van der Waals surface area contributed by atoms with Crippen molar-refractivity contribution in [2.75, 3.05) is 32.8 Å². The number of benzene rings is 1. The molecule has 1 aliphatic rings. The normalized spacial score (nSPS) is 14.5. The maximum atomic E-state index is 5.99. The van der Waals surface area contributed by atoms with E-state index in [1.165, 1.54) is 11.1 Å². The minimum atomic E-state index is 0.820. The topological polar surface area (TPSA) is 24.5 Å². The molecule has 0 saturated carbocycles. The highest BCUT2D eigenvalue weighted by Crippen LogP contribution is 2.25. The third-order valence-corrected chi connectivity index (χ3v) is 3.87. The molecule has 0 bridgehead atoms. The molecule has 0 saturated heterocycles. The van der Waals surface area contributed by atoms with E-state index in [9.17, 15) is 0 Å². The van der Waals surface area contributed by atoms with E-state index in [-0.39, 0.29) is 0 Å². The largest absolute Gasteiger partial charge is 0.493 e. The van der Waals surface area contributed by atoms with Gasteiger partial charge >= 0.3 is 0 Å². The summed E-state index contributed by atoms with van der Waals surface area (Å²) in [5.41, 5.74) is 2.80. The first-order valence-electron chi connectivity index (χ1n) is 7.51. The van der Waals surface area contributed by atoms with Crippen molar-refractivity contribution in [1.82, 2.24) is 10.2 Å². The second-order valence-corrected chi connectivity index (χ2v) is 5.05. The van der Waals surface area contributed by atoms with Gasteiger partial charge in [-0.2, -0.15) is 0 Å². The number of nitrogens with one attached hydrogen (secondary N) is 1. The number of hydrogen-bond acceptors (Lipinski definition) is 3. The molecule has 0 unspecified atom stereocenters. The summed E-state index contributed by atoms with van der Waals surface area (Å²) in [6.07, 6.45) is 2.19. The van der Waals surface area contributed by atoms with Gasteiger partial charge in [0.15, 0.2) is 0 Å². The molecule has 1 aromatic carbocycles. The van der Waals surface area contributed by atoms with Crippen LogP contribution in [0.1, 0.15) is 31.4 Å². The van der Waals surface area contributed by atoms with Gasteiger partial charge in [-0.15, -0.1) is 0 Å². The monoisotopic (exact) mass is 262 g/mol. The van der Waals surface area contributed by atoms with Gasteiger partial charge in [0.2, 0.25) is 0 Å². The van der Waals surface area contributed by atoms with Crippen LogP contribution in [0, 0.1) is 0 Å². The van der Waals surface area contributed by atoms with Gasteiger partial charge in [0, 0.05) is 13.1 Å². The Morgan fingerprint density at radius 2 is 2.11 bits per heavy atom. The van der Waals surface area contributed by atoms with Crippen molar-refractivity contribution in [3.63, 3.8) is 0 Å². The van der Waals surface area contributed by atoms with Gasteiger partial charge in [-0.1, -0.05) is 26.0 Å². The predicted octanol–water partition coefficient (Wildman–Crippen LogP) is 2.44. The van der Waals surface area contributed by atoms with Crippen LogP contribution in [0.15, 0.2) is 18.2 Å². The highest BCUT2D eigenvalue weighted by Gasteiger charge is 2.13. The lowest BCUT2D eigenvalue weighted by molar-refractivity contribution is 0.247. The van der Waals surface area contributed by atoms with Gasteiger partial charge in [-0.05, 0) is 49.7 Å². The van der Waals surface area contributed by atoms with E-state index in [1.807, 2.05) is 0 Å². The second kappa shape index (κ2) is 7.51. The minimum Gasteiger partial charge on any atom is -0.493 e. The Hall–Kier alpha value is -1.06. The van der Waals surface area contributed by atoms with Crippen molar-refractivity contribution >= 4 is 0 Å². The van der Waals surface area contributed by atoms with Crippen LogP contribution >= 0.6 is 0 Å². The van der Waals surface area contributed by atoms with Crippen LogP contribution in [0.2, 0.25) is 0 Å². The van der Waals surface area contributed by atoms with Gasteiger partial charge in [-0.3, -0.25) is 0 Å². The molecule has 1 N–H and O–H groups in total. The number of nitrogens with zero attached hydrogens (tertiary/aromatic N) is 1. The summed E-state index contributed by atoms with van der Waals surface area (Å²) in [6, 6.07) is 6.41. The van der Waals surface area contributed by atoms with E-state index in [0.717, 1.165) is 57.9 Å². The lowest BCUT2D eigenvalue weighted by atomic mass is 10.0. The zero-order valence-corrected chi connectivity index (χ0v) is 12.2. The Morgan fingerprint density at radius 1 is 1.26 bits per heavy atom. The molecule has 3 heteroatoms. The van der Waals surface area contributed by atoms with Crippen LogP contribution in [0.3, 0.4) is 0 Å². The van der Waals surface area contributed by atoms with Gasteiger partial charge in [0.1, 0.15) is 5.75 Å². The van der Waals surface area contributed by atoms with Crippen LogP contribution in [-0.4, -0.2) is 37.7 Å². The highest BCUT2D eigenvalue weighted by atomic mass is 16.5. The van der Waals surface area contributed by atoms with E-state index in [2.05, 4.69) is 42.3 Å². The van der Waals surface area contributed by atoms with Crippen LogP contribution in [0.25, 0.3) is 0 Å². The van der Waals surface area contributed by atoms with E-state index < -0.39 is 0 Å². The number of ether oxygens (including phenoxy) is 1. The second-order valence-electron chi connectivity index (χ2n) is 5.05. The molecule has 0 aromatic heterocycles. The van der Waals surface area contributed by atoms with Crippen LogP contribution in [0.5, 0.6) is 5.75 Å². The Morgan fingerprint density at radius 3 is 2.89 bits per heavy atom. The molecule has 3 nitrogen and oxygen atoms in total. The molecule has 0 fully saturated rings. The minimum absolute atomic E-state index is 0.820. The summed E-state index contributed by atoms with van der Waals surface area (Å²) in [7, 11) is 0. The Bertz CT molecular complexity index is 388. The summed E-state index contributed by atoms with van der Waals surface area (Å²) in [6.45, 7) is 10.7. The molecule has 1 aromatic rings. The zero-order chi connectivity index (χ0) is 13.5. The molecule has 1 heterocycles. The summed E-state index contributed by atoms with van der Waals surface area (Å²) < 4.78 is 5.99.